The first-order valence-electron chi connectivity index (χ1n) is 6.20. The number of fused-ring (bicyclic) bond motifs is 1. The van der Waals surface area contributed by atoms with Crippen LogP contribution in [0.4, 0.5) is 0 Å². The standard InChI is InChI=1S/C13H14N2O4/c16-10-3-1-2-9-11(13(17)18)14-12(15(9)10)8-4-6-19-7-5-8/h1-3,8,16H,4-7H2,(H,17,18). The van der Waals surface area contributed by atoms with Crippen LogP contribution in [0.25, 0.3) is 5.52 Å². The summed E-state index contributed by atoms with van der Waals surface area (Å²) in [6.07, 6.45) is 1.57. The van der Waals surface area contributed by atoms with E-state index in [4.69, 9.17) is 4.74 Å². The number of imidazole rings is 1. The molecule has 0 aromatic carbocycles. The topological polar surface area (TPSA) is 84.1 Å². The molecule has 0 atom stereocenters. The molecule has 3 heterocycles. The molecule has 1 fully saturated rings. The molecule has 2 aromatic rings. The SMILES string of the molecule is O=C(O)c1nc(C2CCOCC2)n2c(O)cccc12. The summed E-state index contributed by atoms with van der Waals surface area (Å²) in [5, 5.41) is 19.2. The van der Waals surface area contributed by atoms with Gasteiger partial charge in [0.1, 0.15) is 5.82 Å². The Kier molecular flexibility index (Phi) is 2.87. The monoisotopic (exact) mass is 262 g/mol. The van der Waals surface area contributed by atoms with Gasteiger partial charge in [-0.2, -0.15) is 0 Å². The Bertz CT molecular complexity index is 629. The lowest BCUT2D eigenvalue weighted by atomic mass is 9.99. The third-order valence-corrected chi connectivity index (χ3v) is 3.46. The summed E-state index contributed by atoms with van der Waals surface area (Å²) in [5.41, 5.74) is 0.409. The van der Waals surface area contributed by atoms with Gasteiger partial charge in [0.25, 0.3) is 0 Å². The highest BCUT2D eigenvalue weighted by atomic mass is 16.5. The second-order valence-corrected chi connectivity index (χ2v) is 4.62. The fourth-order valence-electron chi connectivity index (χ4n) is 2.53. The summed E-state index contributed by atoms with van der Waals surface area (Å²) >= 11 is 0. The number of nitrogens with zero attached hydrogens (tertiary/aromatic N) is 2. The number of hydrogen-bond donors (Lipinski definition) is 2. The molecule has 0 radical (unpaired) electrons. The van der Waals surface area contributed by atoms with E-state index in [1.807, 2.05) is 0 Å². The van der Waals surface area contributed by atoms with Crippen LogP contribution >= 0.6 is 0 Å². The van der Waals surface area contributed by atoms with Gasteiger partial charge in [-0.25, -0.2) is 9.78 Å². The third-order valence-electron chi connectivity index (χ3n) is 3.46. The maximum absolute atomic E-state index is 11.2. The number of carboxylic acid groups (broad SMARTS) is 1. The van der Waals surface area contributed by atoms with E-state index in [-0.39, 0.29) is 17.5 Å². The maximum Gasteiger partial charge on any atom is 0.356 e. The Morgan fingerprint density at radius 2 is 2.11 bits per heavy atom. The zero-order chi connectivity index (χ0) is 13.4. The Morgan fingerprint density at radius 1 is 1.37 bits per heavy atom. The van der Waals surface area contributed by atoms with Gasteiger partial charge in [-0.3, -0.25) is 4.40 Å². The molecular formula is C13H14N2O4. The van der Waals surface area contributed by atoms with Crippen molar-refractivity contribution in [3.63, 3.8) is 0 Å². The molecule has 1 aliphatic heterocycles. The Hall–Kier alpha value is -2.08. The Morgan fingerprint density at radius 3 is 2.79 bits per heavy atom. The van der Waals surface area contributed by atoms with Gasteiger partial charge < -0.3 is 14.9 Å². The highest BCUT2D eigenvalue weighted by molar-refractivity contribution is 5.93. The van der Waals surface area contributed by atoms with E-state index >= 15 is 0 Å². The summed E-state index contributed by atoms with van der Waals surface area (Å²) in [5.74, 6) is -0.350. The van der Waals surface area contributed by atoms with Gasteiger partial charge in [-0.15, -0.1) is 0 Å². The number of carbonyl (C=O) groups is 1. The van der Waals surface area contributed by atoms with Crippen molar-refractivity contribution in [2.24, 2.45) is 0 Å². The molecule has 6 heteroatoms. The van der Waals surface area contributed by atoms with Gasteiger partial charge in [-0.1, -0.05) is 6.07 Å². The number of hydrogen-bond acceptors (Lipinski definition) is 4. The predicted octanol–water partition coefficient (Wildman–Crippen LogP) is 1.63. The van der Waals surface area contributed by atoms with Crippen LogP contribution in [0.15, 0.2) is 18.2 Å². The van der Waals surface area contributed by atoms with Crippen molar-refractivity contribution in [2.75, 3.05) is 13.2 Å². The number of aromatic carboxylic acids is 1. The summed E-state index contributed by atoms with van der Waals surface area (Å²) in [4.78, 5) is 15.5. The molecule has 3 rings (SSSR count). The number of rotatable bonds is 2. The van der Waals surface area contributed by atoms with E-state index in [0.29, 0.717) is 24.6 Å². The average molecular weight is 262 g/mol. The van der Waals surface area contributed by atoms with Crippen LogP contribution in [0.1, 0.15) is 35.1 Å². The molecule has 0 aliphatic carbocycles. The number of pyridine rings is 1. The van der Waals surface area contributed by atoms with Crippen LogP contribution in [-0.2, 0) is 4.74 Å². The van der Waals surface area contributed by atoms with Gasteiger partial charge in [0.2, 0.25) is 0 Å². The van der Waals surface area contributed by atoms with Gasteiger partial charge >= 0.3 is 5.97 Å². The van der Waals surface area contributed by atoms with Crippen molar-refractivity contribution in [3.05, 3.63) is 29.7 Å². The second kappa shape index (κ2) is 4.55. The molecule has 0 amide bonds. The molecule has 1 aliphatic rings. The van der Waals surface area contributed by atoms with Crippen LogP contribution in [0, 0.1) is 0 Å². The molecule has 100 valence electrons. The summed E-state index contributed by atoms with van der Waals surface area (Å²) < 4.78 is 6.83. The zero-order valence-corrected chi connectivity index (χ0v) is 10.2. The maximum atomic E-state index is 11.2. The summed E-state index contributed by atoms with van der Waals surface area (Å²) in [6, 6.07) is 4.80. The molecule has 0 spiro atoms. The highest BCUT2D eigenvalue weighted by Crippen LogP contribution is 2.30. The van der Waals surface area contributed by atoms with E-state index in [1.165, 1.54) is 10.5 Å². The molecule has 19 heavy (non-hydrogen) atoms. The van der Waals surface area contributed by atoms with Crippen LogP contribution in [0.3, 0.4) is 0 Å². The largest absolute Gasteiger partial charge is 0.494 e. The number of aromatic hydroxyl groups is 1. The fourth-order valence-corrected chi connectivity index (χ4v) is 2.53. The minimum absolute atomic E-state index is 0.0130. The average Bonchev–Trinajstić information content (AvgIpc) is 2.81. The molecule has 0 unspecified atom stereocenters. The van der Waals surface area contributed by atoms with Crippen molar-refractivity contribution in [1.82, 2.24) is 9.38 Å². The van der Waals surface area contributed by atoms with Crippen molar-refractivity contribution >= 4 is 11.5 Å². The third kappa shape index (κ3) is 1.94. The van der Waals surface area contributed by atoms with Crippen molar-refractivity contribution in [1.29, 1.82) is 0 Å². The molecule has 6 nitrogen and oxygen atoms in total. The van der Waals surface area contributed by atoms with Crippen LogP contribution < -0.4 is 0 Å². The minimum Gasteiger partial charge on any atom is -0.494 e. The normalized spacial score (nSPS) is 16.8. The predicted molar refractivity (Wildman–Crippen MR) is 66.6 cm³/mol. The van der Waals surface area contributed by atoms with Crippen LogP contribution in [0.2, 0.25) is 0 Å². The van der Waals surface area contributed by atoms with E-state index in [2.05, 4.69) is 4.98 Å². The number of carboxylic acids is 1. The van der Waals surface area contributed by atoms with E-state index in [0.717, 1.165) is 12.8 Å². The molecule has 2 N–H and O–H groups in total. The Balaban J connectivity index is 2.20. The second-order valence-electron chi connectivity index (χ2n) is 4.62. The van der Waals surface area contributed by atoms with Crippen LogP contribution in [-0.4, -0.2) is 38.8 Å². The van der Waals surface area contributed by atoms with Crippen molar-refractivity contribution in [3.8, 4) is 5.88 Å². The molecule has 0 saturated carbocycles. The van der Waals surface area contributed by atoms with E-state index < -0.39 is 5.97 Å². The smallest absolute Gasteiger partial charge is 0.356 e. The van der Waals surface area contributed by atoms with Gasteiger partial charge in [0, 0.05) is 19.1 Å². The van der Waals surface area contributed by atoms with Gasteiger partial charge in [-0.05, 0) is 25.0 Å². The lowest BCUT2D eigenvalue weighted by Gasteiger charge is -2.21. The number of aromatic nitrogens is 2. The molecule has 0 bridgehead atoms. The van der Waals surface area contributed by atoms with Gasteiger partial charge in [0.05, 0.1) is 5.52 Å². The quantitative estimate of drug-likeness (QED) is 0.859. The Labute approximate surface area is 109 Å². The lowest BCUT2D eigenvalue weighted by molar-refractivity contribution is 0.0692. The van der Waals surface area contributed by atoms with E-state index in [9.17, 15) is 15.0 Å². The zero-order valence-electron chi connectivity index (χ0n) is 10.2. The molecule has 1 saturated heterocycles. The first kappa shape index (κ1) is 12.0. The first-order valence-corrected chi connectivity index (χ1v) is 6.20. The fraction of sp³-hybridized carbons (Fsp3) is 0.385. The highest BCUT2D eigenvalue weighted by Gasteiger charge is 2.25. The first-order chi connectivity index (χ1) is 9.18. The van der Waals surface area contributed by atoms with E-state index in [1.54, 1.807) is 12.1 Å². The number of ether oxygens (including phenoxy) is 1. The van der Waals surface area contributed by atoms with Crippen LogP contribution in [0.5, 0.6) is 5.88 Å². The minimum atomic E-state index is -1.08. The lowest BCUT2D eigenvalue weighted by Crippen LogP contribution is -2.16. The summed E-state index contributed by atoms with van der Waals surface area (Å²) in [6.45, 7) is 1.27. The summed E-state index contributed by atoms with van der Waals surface area (Å²) in [7, 11) is 0. The molecular weight excluding hydrogens is 248 g/mol. The van der Waals surface area contributed by atoms with Gasteiger partial charge in [0.15, 0.2) is 11.6 Å². The molecule has 2 aromatic heterocycles. The van der Waals surface area contributed by atoms with Crippen molar-refractivity contribution in [2.45, 2.75) is 18.8 Å². The van der Waals surface area contributed by atoms with Crippen molar-refractivity contribution < 1.29 is 19.7 Å².